The third kappa shape index (κ3) is 3.24. The van der Waals surface area contributed by atoms with Crippen LogP contribution in [-0.2, 0) is 4.79 Å². The van der Waals surface area contributed by atoms with Gasteiger partial charge in [0.2, 0.25) is 5.91 Å². The number of carbonyl (C=O) groups excluding carboxylic acids is 2. The molecule has 1 fully saturated rings. The molecule has 0 bridgehead atoms. The van der Waals surface area contributed by atoms with Crippen molar-refractivity contribution in [3.63, 3.8) is 0 Å². The first kappa shape index (κ1) is 17.4. The van der Waals surface area contributed by atoms with E-state index >= 15 is 0 Å². The highest BCUT2D eigenvalue weighted by molar-refractivity contribution is 6.31. The van der Waals surface area contributed by atoms with Gasteiger partial charge in [0, 0.05) is 29.4 Å². The summed E-state index contributed by atoms with van der Waals surface area (Å²) in [7, 11) is 0. The molecule has 1 saturated heterocycles. The summed E-state index contributed by atoms with van der Waals surface area (Å²) in [6.07, 6.45) is 0. The Kier molecular flexibility index (Phi) is 4.77. The standard InChI is InChI=1S/C19H18ClFN2O2/c1-12-16(20)4-3-5-17(12)23-11-10-22(13(2)18(23)24)19(25)14-6-8-15(21)9-7-14/h3-9,13H,10-11H2,1-2H3/t13-/m0/s1. The Hall–Kier alpha value is -2.40. The van der Waals surface area contributed by atoms with Crippen LogP contribution in [0.5, 0.6) is 0 Å². The van der Waals surface area contributed by atoms with E-state index in [1.54, 1.807) is 24.0 Å². The highest BCUT2D eigenvalue weighted by atomic mass is 35.5. The zero-order valence-electron chi connectivity index (χ0n) is 14.0. The number of hydrogen-bond donors (Lipinski definition) is 0. The van der Waals surface area contributed by atoms with Gasteiger partial charge in [0.05, 0.1) is 0 Å². The predicted molar refractivity (Wildman–Crippen MR) is 95.4 cm³/mol. The van der Waals surface area contributed by atoms with Crippen LogP contribution >= 0.6 is 11.6 Å². The summed E-state index contributed by atoms with van der Waals surface area (Å²) in [6.45, 7) is 4.35. The molecule has 25 heavy (non-hydrogen) atoms. The molecule has 0 saturated carbocycles. The first-order valence-corrected chi connectivity index (χ1v) is 8.41. The number of amides is 2. The highest BCUT2D eigenvalue weighted by Gasteiger charge is 2.35. The van der Waals surface area contributed by atoms with Crippen molar-refractivity contribution in [1.29, 1.82) is 0 Å². The van der Waals surface area contributed by atoms with Gasteiger partial charge in [-0.25, -0.2) is 4.39 Å². The van der Waals surface area contributed by atoms with Crippen molar-refractivity contribution in [2.45, 2.75) is 19.9 Å². The molecular formula is C19H18ClFN2O2. The van der Waals surface area contributed by atoms with Gasteiger partial charge >= 0.3 is 0 Å². The number of halogens is 2. The molecule has 3 rings (SSSR count). The lowest BCUT2D eigenvalue weighted by Gasteiger charge is -2.39. The van der Waals surface area contributed by atoms with E-state index in [0.29, 0.717) is 23.7 Å². The molecule has 130 valence electrons. The average Bonchev–Trinajstić information content (AvgIpc) is 2.60. The minimum atomic E-state index is -0.607. The van der Waals surface area contributed by atoms with Crippen molar-refractivity contribution in [2.24, 2.45) is 0 Å². The van der Waals surface area contributed by atoms with Gasteiger partial charge in [-0.05, 0) is 55.8 Å². The summed E-state index contributed by atoms with van der Waals surface area (Å²) in [6, 6.07) is 10.2. The van der Waals surface area contributed by atoms with Crippen molar-refractivity contribution in [2.75, 3.05) is 18.0 Å². The normalized spacial score (nSPS) is 17.8. The van der Waals surface area contributed by atoms with Crippen LogP contribution in [0.25, 0.3) is 0 Å². The van der Waals surface area contributed by atoms with Crippen LogP contribution in [0.15, 0.2) is 42.5 Å². The summed E-state index contributed by atoms with van der Waals surface area (Å²) in [5.74, 6) is -0.836. The fourth-order valence-corrected chi connectivity index (χ4v) is 3.20. The molecule has 2 aromatic rings. The topological polar surface area (TPSA) is 40.6 Å². The monoisotopic (exact) mass is 360 g/mol. The largest absolute Gasteiger partial charge is 0.325 e. The van der Waals surface area contributed by atoms with Crippen LogP contribution in [0.1, 0.15) is 22.8 Å². The molecule has 0 spiro atoms. The lowest BCUT2D eigenvalue weighted by molar-refractivity contribution is -0.124. The van der Waals surface area contributed by atoms with E-state index in [-0.39, 0.29) is 11.8 Å². The molecular weight excluding hydrogens is 343 g/mol. The first-order valence-electron chi connectivity index (χ1n) is 8.03. The summed E-state index contributed by atoms with van der Waals surface area (Å²) in [5, 5.41) is 0.600. The van der Waals surface area contributed by atoms with Crippen molar-refractivity contribution >= 4 is 29.1 Å². The van der Waals surface area contributed by atoms with E-state index in [4.69, 9.17) is 11.6 Å². The van der Waals surface area contributed by atoms with Crippen molar-refractivity contribution in [3.05, 3.63) is 64.4 Å². The molecule has 0 unspecified atom stereocenters. The third-order valence-corrected chi connectivity index (χ3v) is 4.95. The Morgan fingerprint density at radius 2 is 1.84 bits per heavy atom. The molecule has 6 heteroatoms. The zero-order valence-corrected chi connectivity index (χ0v) is 14.8. The van der Waals surface area contributed by atoms with E-state index in [0.717, 1.165) is 11.3 Å². The molecule has 0 N–H and O–H groups in total. The number of nitrogens with zero attached hydrogens (tertiary/aromatic N) is 2. The number of piperazine rings is 1. The van der Waals surface area contributed by atoms with Gasteiger partial charge in [-0.3, -0.25) is 9.59 Å². The number of carbonyl (C=O) groups is 2. The van der Waals surface area contributed by atoms with Gasteiger partial charge in [-0.2, -0.15) is 0 Å². The van der Waals surface area contributed by atoms with Gasteiger partial charge in [0.1, 0.15) is 11.9 Å². The predicted octanol–water partition coefficient (Wildman–Crippen LogP) is 3.67. The third-order valence-electron chi connectivity index (χ3n) is 4.54. The molecule has 2 amide bonds. The van der Waals surface area contributed by atoms with Crippen LogP contribution in [0.3, 0.4) is 0 Å². The Morgan fingerprint density at radius 1 is 1.16 bits per heavy atom. The van der Waals surface area contributed by atoms with Crippen LogP contribution in [0, 0.1) is 12.7 Å². The van der Waals surface area contributed by atoms with Gasteiger partial charge in [0.25, 0.3) is 5.91 Å². The minimum absolute atomic E-state index is 0.160. The van der Waals surface area contributed by atoms with Gasteiger partial charge in [-0.15, -0.1) is 0 Å². The maximum atomic E-state index is 13.0. The molecule has 0 aromatic heterocycles. The summed E-state index contributed by atoms with van der Waals surface area (Å²) < 4.78 is 13.0. The maximum absolute atomic E-state index is 13.0. The minimum Gasteiger partial charge on any atom is -0.325 e. The molecule has 1 heterocycles. The summed E-state index contributed by atoms with van der Waals surface area (Å²) >= 11 is 6.16. The van der Waals surface area contributed by atoms with Crippen molar-refractivity contribution < 1.29 is 14.0 Å². The SMILES string of the molecule is Cc1c(Cl)cccc1N1CCN(C(=O)c2ccc(F)cc2)[C@@H](C)C1=O. The average molecular weight is 361 g/mol. The van der Waals surface area contributed by atoms with Crippen LogP contribution in [-0.4, -0.2) is 35.8 Å². The number of anilines is 1. The van der Waals surface area contributed by atoms with E-state index in [1.165, 1.54) is 29.2 Å². The Bertz CT molecular complexity index is 823. The second-order valence-corrected chi connectivity index (χ2v) is 6.46. The molecule has 1 aliphatic heterocycles. The van der Waals surface area contributed by atoms with E-state index in [1.807, 2.05) is 13.0 Å². The Labute approximate surface area is 150 Å². The Morgan fingerprint density at radius 3 is 2.52 bits per heavy atom. The van der Waals surface area contributed by atoms with Crippen LogP contribution in [0.4, 0.5) is 10.1 Å². The van der Waals surface area contributed by atoms with Gasteiger partial charge in [0.15, 0.2) is 0 Å². The zero-order chi connectivity index (χ0) is 18.1. The second-order valence-electron chi connectivity index (χ2n) is 6.06. The van der Waals surface area contributed by atoms with Gasteiger partial charge < -0.3 is 9.80 Å². The summed E-state index contributed by atoms with van der Waals surface area (Å²) in [5.41, 5.74) is 1.97. The van der Waals surface area contributed by atoms with Crippen molar-refractivity contribution in [1.82, 2.24) is 4.90 Å². The smallest absolute Gasteiger partial charge is 0.254 e. The fraction of sp³-hybridized carbons (Fsp3) is 0.263. The van der Waals surface area contributed by atoms with Crippen LogP contribution in [0.2, 0.25) is 5.02 Å². The Balaban J connectivity index is 1.83. The molecule has 1 aliphatic rings. The molecule has 2 aromatic carbocycles. The van der Waals surface area contributed by atoms with Crippen LogP contribution < -0.4 is 4.90 Å². The maximum Gasteiger partial charge on any atom is 0.254 e. The molecule has 4 nitrogen and oxygen atoms in total. The second kappa shape index (κ2) is 6.84. The number of benzene rings is 2. The lowest BCUT2D eigenvalue weighted by Crippen LogP contribution is -2.58. The lowest BCUT2D eigenvalue weighted by atomic mass is 10.1. The number of hydrogen-bond acceptors (Lipinski definition) is 2. The van der Waals surface area contributed by atoms with Crippen molar-refractivity contribution in [3.8, 4) is 0 Å². The van der Waals surface area contributed by atoms with Gasteiger partial charge in [-0.1, -0.05) is 17.7 Å². The summed E-state index contributed by atoms with van der Waals surface area (Å²) in [4.78, 5) is 28.6. The van der Waals surface area contributed by atoms with E-state index < -0.39 is 11.9 Å². The first-order chi connectivity index (χ1) is 11.9. The van der Waals surface area contributed by atoms with E-state index in [9.17, 15) is 14.0 Å². The highest BCUT2D eigenvalue weighted by Crippen LogP contribution is 2.29. The quantitative estimate of drug-likeness (QED) is 0.820. The van der Waals surface area contributed by atoms with E-state index in [2.05, 4.69) is 0 Å². The molecule has 0 radical (unpaired) electrons. The fourth-order valence-electron chi connectivity index (χ4n) is 3.03. The number of rotatable bonds is 2. The molecule has 0 aliphatic carbocycles. The molecule has 1 atom stereocenters.